The molecule has 0 aliphatic heterocycles. The summed E-state index contributed by atoms with van der Waals surface area (Å²) in [6.45, 7) is 5.66. The van der Waals surface area contributed by atoms with Crippen LogP contribution >= 0.6 is 0 Å². The Labute approximate surface area is 90.8 Å². The Balaban J connectivity index is 3.03. The molecule has 3 nitrogen and oxygen atoms in total. The van der Waals surface area contributed by atoms with Crippen LogP contribution in [-0.2, 0) is 0 Å². The van der Waals surface area contributed by atoms with E-state index in [1.165, 1.54) is 0 Å². The predicted molar refractivity (Wildman–Crippen MR) is 59.5 cm³/mol. The van der Waals surface area contributed by atoms with Gasteiger partial charge in [-0.3, -0.25) is 4.98 Å². The summed E-state index contributed by atoms with van der Waals surface area (Å²) in [5.74, 6) is 0. The van der Waals surface area contributed by atoms with Crippen molar-refractivity contribution < 1.29 is 10.2 Å². The van der Waals surface area contributed by atoms with E-state index >= 15 is 0 Å². The maximum Gasteiger partial charge on any atom is 0.109 e. The van der Waals surface area contributed by atoms with Gasteiger partial charge in [0.25, 0.3) is 0 Å². The maximum atomic E-state index is 10.2. The molecule has 0 aliphatic carbocycles. The minimum absolute atomic E-state index is 0.527. The fourth-order valence-corrected chi connectivity index (χ4v) is 1.69. The van der Waals surface area contributed by atoms with Crippen molar-refractivity contribution in [3.8, 4) is 0 Å². The molecule has 1 aromatic heterocycles. The lowest BCUT2D eigenvalue weighted by atomic mass is 9.85. The first kappa shape index (κ1) is 12.1. The van der Waals surface area contributed by atoms with Crippen LogP contribution in [0.4, 0.5) is 0 Å². The van der Waals surface area contributed by atoms with Crippen LogP contribution in [0.25, 0.3) is 0 Å². The molecule has 0 saturated heterocycles. The van der Waals surface area contributed by atoms with E-state index in [4.69, 9.17) is 0 Å². The highest BCUT2D eigenvalue weighted by atomic mass is 16.3. The topological polar surface area (TPSA) is 53.4 Å². The number of rotatable bonds is 4. The molecule has 15 heavy (non-hydrogen) atoms. The summed E-state index contributed by atoms with van der Waals surface area (Å²) in [4.78, 5) is 3.98. The Kier molecular flexibility index (Phi) is 3.83. The van der Waals surface area contributed by atoms with E-state index in [2.05, 4.69) is 4.98 Å². The van der Waals surface area contributed by atoms with Gasteiger partial charge in [0.1, 0.15) is 6.10 Å². The Morgan fingerprint density at radius 1 is 1.40 bits per heavy atom. The minimum atomic E-state index is -1.05. The van der Waals surface area contributed by atoms with Crippen LogP contribution in [0.5, 0.6) is 0 Å². The number of pyridine rings is 1. The van der Waals surface area contributed by atoms with Crippen LogP contribution in [-0.4, -0.2) is 20.8 Å². The van der Waals surface area contributed by atoms with Crippen molar-refractivity contribution >= 4 is 0 Å². The molecular weight excluding hydrogens is 190 g/mol. The van der Waals surface area contributed by atoms with E-state index in [1.807, 2.05) is 26.8 Å². The molecule has 0 aromatic carbocycles. The lowest BCUT2D eigenvalue weighted by Crippen LogP contribution is -2.35. The summed E-state index contributed by atoms with van der Waals surface area (Å²) >= 11 is 0. The number of aryl methyl sites for hydroxylation is 1. The normalized spacial score (nSPS) is 13.9. The standard InChI is InChI=1S/C12H19NO2/c1-4-12(15,5-2)11(14)10-8-13-7-6-9(10)3/h6-8,11,14-15H,4-5H2,1-3H3. The van der Waals surface area contributed by atoms with Gasteiger partial charge in [-0.05, 0) is 31.4 Å². The summed E-state index contributed by atoms with van der Waals surface area (Å²) in [7, 11) is 0. The van der Waals surface area contributed by atoms with E-state index in [9.17, 15) is 10.2 Å². The fourth-order valence-electron chi connectivity index (χ4n) is 1.69. The zero-order valence-corrected chi connectivity index (χ0v) is 9.57. The molecule has 0 radical (unpaired) electrons. The number of aromatic nitrogens is 1. The fraction of sp³-hybridized carbons (Fsp3) is 0.583. The molecule has 1 heterocycles. The molecule has 0 spiro atoms. The third-order valence-electron chi connectivity index (χ3n) is 3.11. The molecule has 3 heteroatoms. The number of hydrogen-bond acceptors (Lipinski definition) is 3. The number of hydrogen-bond donors (Lipinski definition) is 2. The first-order chi connectivity index (χ1) is 7.05. The zero-order chi connectivity index (χ0) is 11.5. The first-order valence-corrected chi connectivity index (χ1v) is 5.36. The summed E-state index contributed by atoms with van der Waals surface area (Å²) in [5.41, 5.74) is 0.620. The van der Waals surface area contributed by atoms with Crippen molar-refractivity contribution in [2.75, 3.05) is 0 Å². The average molecular weight is 209 g/mol. The van der Waals surface area contributed by atoms with Crippen LogP contribution in [0.3, 0.4) is 0 Å². The third kappa shape index (κ3) is 2.36. The van der Waals surface area contributed by atoms with Gasteiger partial charge in [-0.15, -0.1) is 0 Å². The molecule has 0 fully saturated rings. The van der Waals surface area contributed by atoms with Crippen LogP contribution in [0, 0.1) is 6.92 Å². The Morgan fingerprint density at radius 2 is 2.00 bits per heavy atom. The molecule has 0 aliphatic rings. The van der Waals surface area contributed by atoms with Gasteiger partial charge < -0.3 is 10.2 Å². The molecular formula is C12H19NO2. The first-order valence-electron chi connectivity index (χ1n) is 5.36. The van der Waals surface area contributed by atoms with Crippen molar-refractivity contribution in [2.45, 2.75) is 45.3 Å². The van der Waals surface area contributed by atoms with Crippen LogP contribution in [0.2, 0.25) is 0 Å². The van der Waals surface area contributed by atoms with E-state index < -0.39 is 11.7 Å². The molecule has 0 bridgehead atoms. The molecule has 2 N–H and O–H groups in total. The molecule has 0 saturated carbocycles. The van der Waals surface area contributed by atoms with E-state index in [0.29, 0.717) is 18.4 Å². The maximum absolute atomic E-state index is 10.2. The smallest absolute Gasteiger partial charge is 0.109 e. The Bertz CT molecular complexity index is 321. The zero-order valence-electron chi connectivity index (χ0n) is 9.57. The number of aliphatic hydroxyl groups is 2. The van der Waals surface area contributed by atoms with Gasteiger partial charge in [-0.25, -0.2) is 0 Å². The van der Waals surface area contributed by atoms with E-state index in [0.717, 1.165) is 5.56 Å². The van der Waals surface area contributed by atoms with Crippen molar-refractivity contribution in [3.63, 3.8) is 0 Å². The molecule has 84 valence electrons. The van der Waals surface area contributed by atoms with Crippen LogP contribution in [0.1, 0.15) is 43.9 Å². The second-order valence-corrected chi connectivity index (χ2v) is 3.95. The SMILES string of the molecule is CCC(O)(CC)C(O)c1cnccc1C. The minimum Gasteiger partial charge on any atom is -0.387 e. The molecule has 1 rings (SSSR count). The Morgan fingerprint density at radius 3 is 2.47 bits per heavy atom. The summed E-state index contributed by atoms with van der Waals surface area (Å²) in [5, 5.41) is 20.3. The molecule has 1 unspecified atom stereocenters. The highest BCUT2D eigenvalue weighted by molar-refractivity contribution is 5.26. The van der Waals surface area contributed by atoms with Crippen molar-refractivity contribution in [1.29, 1.82) is 0 Å². The molecule has 0 amide bonds. The summed E-state index contributed by atoms with van der Waals surface area (Å²) in [6.07, 6.45) is 3.50. The van der Waals surface area contributed by atoms with Gasteiger partial charge in [0.15, 0.2) is 0 Å². The lowest BCUT2D eigenvalue weighted by Gasteiger charge is -2.31. The van der Waals surface area contributed by atoms with Crippen molar-refractivity contribution in [2.24, 2.45) is 0 Å². The van der Waals surface area contributed by atoms with Gasteiger partial charge in [0.05, 0.1) is 5.60 Å². The lowest BCUT2D eigenvalue weighted by molar-refractivity contribution is -0.0824. The molecule has 1 atom stereocenters. The second-order valence-electron chi connectivity index (χ2n) is 3.95. The highest BCUT2D eigenvalue weighted by Gasteiger charge is 2.33. The predicted octanol–water partition coefficient (Wildman–Crippen LogP) is 1.97. The van der Waals surface area contributed by atoms with Gasteiger partial charge in [-0.2, -0.15) is 0 Å². The summed E-state index contributed by atoms with van der Waals surface area (Å²) in [6, 6.07) is 1.84. The van der Waals surface area contributed by atoms with Crippen LogP contribution < -0.4 is 0 Å². The monoisotopic (exact) mass is 209 g/mol. The van der Waals surface area contributed by atoms with Gasteiger partial charge in [0, 0.05) is 18.0 Å². The van der Waals surface area contributed by atoms with E-state index in [-0.39, 0.29) is 0 Å². The second kappa shape index (κ2) is 4.73. The largest absolute Gasteiger partial charge is 0.387 e. The number of aliphatic hydroxyl groups excluding tert-OH is 1. The average Bonchev–Trinajstić information content (AvgIpc) is 2.28. The quantitative estimate of drug-likeness (QED) is 0.797. The van der Waals surface area contributed by atoms with Crippen LogP contribution in [0.15, 0.2) is 18.5 Å². The van der Waals surface area contributed by atoms with Gasteiger partial charge >= 0.3 is 0 Å². The van der Waals surface area contributed by atoms with Gasteiger partial charge in [-0.1, -0.05) is 13.8 Å². The van der Waals surface area contributed by atoms with E-state index in [1.54, 1.807) is 12.4 Å². The highest BCUT2D eigenvalue weighted by Crippen LogP contribution is 2.32. The van der Waals surface area contributed by atoms with Crippen molar-refractivity contribution in [1.82, 2.24) is 4.98 Å². The van der Waals surface area contributed by atoms with Crippen molar-refractivity contribution in [3.05, 3.63) is 29.6 Å². The summed E-state index contributed by atoms with van der Waals surface area (Å²) < 4.78 is 0. The number of nitrogens with zero attached hydrogens (tertiary/aromatic N) is 1. The van der Waals surface area contributed by atoms with Gasteiger partial charge in [0.2, 0.25) is 0 Å². The third-order valence-corrected chi connectivity index (χ3v) is 3.11. The Hall–Kier alpha value is -0.930. The molecule has 1 aromatic rings.